The number of ether oxygens (including phenoxy) is 1. The molecule has 1 aromatic carbocycles. The van der Waals surface area contributed by atoms with Gasteiger partial charge in [0.15, 0.2) is 0 Å². The van der Waals surface area contributed by atoms with Crippen LogP contribution in [0.3, 0.4) is 0 Å². The highest BCUT2D eigenvalue weighted by atomic mass is 35.5. The summed E-state index contributed by atoms with van der Waals surface area (Å²) >= 11 is 12.1. The smallest absolute Gasteiger partial charge is 0.256 e. The number of rotatable bonds is 3. The number of amides is 2. The van der Waals surface area contributed by atoms with Crippen molar-refractivity contribution in [2.75, 3.05) is 6.61 Å². The fraction of sp³-hybridized carbons (Fsp3) is 0.579. The standard InChI is InChI=1S/C19H24Cl2N2O3/c1-12(2)22-17(24)16-11-26-19(8-4-3-5-9-19)23(16)18(25)13-6-7-14(20)15(21)10-13/h6-7,10,12,16H,3-5,8-9,11H2,1-2H3,(H,22,24)/t16-/m1/s1. The maximum atomic E-state index is 13.3. The Kier molecular flexibility index (Phi) is 5.80. The van der Waals surface area contributed by atoms with E-state index < -0.39 is 11.8 Å². The zero-order chi connectivity index (χ0) is 18.9. The molecule has 1 spiro atoms. The van der Waals surface area contributed by atoms with E-state index in [1.165, 1.54) is 0 Å². The number of carbonyl (C=O) groups excluding carboxylic acids is 2. The molecule has 1 atom stereocenters. The molecule has 0 unspecified atom stereocenters. The molecule has 26 heavy (non-hydrogen) atoms. The Morgan fingerprint density at radius 1 is 1.19 bits per heavy atom. The molecular formula is C19H24Cl2N2O3. The molecule has 1 N–H and O–H groups in total. The summed E-state index contributed by atoms with van der Waals surface area (Å²) in [5.41, 5.74) is -0.294. The van der Waals surface area contributed by atoms with E-state index in [9.17, 15) is 9.59 Å². The molecule has 1 saturated carbocycles. The van der Waals surface area contributed by atoms with Gasteiger partial charge in [-0.05, 0) is 57.7 Å². The number of carbonyl (C=O) groups is 2. The average Bonchev–Trinajstić information content (AvgIpc) is 2.95. The largest absolute Gasteiger partial charge is 0.353 e. The SMILES string of the molecule is CC(C)NC(=O)[C@H]1COC2(CCCCC2)N1C(=O)c1ccc(Cl)c(Cl)c1. The van der Waals surface area contributed by atoms with Crippen LogP contribution in [-0.2, 0) is 9.53 Å². The summed E-state index contributed by atoms with van der Waals surface area (Å²) in [5.74, 6) is -0.428. The van der Waals surface area contributed by atoms with Gasteiger partial charge in [-0.15, -0.1) is 0 Å². The van der Waals surface area contributed by atoms with Gasteiger partial charge in [0.05, 0.1) is 16.7 Å². The predicted molar refractivity (Wildman–Crippen MR) is 101 cm³/mol. The molecule has 1 heterocycles. The lowest BCUT2D eigenvalue weighted by Crippen LogP contribution is -2.57. The van der Waals surface area contributed by atoms with E-state index in [-0.39, 0.29) is 24.5 Å². The molecule has 2 aliphatic rings. The molecule has 0 bridgehead atoms. The van der Waals surface area contributed by atoms with Gasteiger partial charge in [-0.1, -0.05) is 29.6 Å². The molecule has 7 heteroatoms. The molecule has 0 radical (unpaired) electrons. The van der Waals surface area contributed by atoms with Crippen LogP contribution in [0.15, 0.2) is 18.2 Å². The third-order valence-electron chi connectivity index (χ3n) is 5.01. The minimum atomic E-state index is -0.708. The molecule has 142 valence electrons. The van der Waals surface area contributed by atoms with Gasteiger partial charge in [-0.3, -0.25) is 14.5 Å². The monoisotopic (exact) mass is 398 g/mol. The number of halogens is 2. The van der Waals surface area contributed by atoms with Gasteiger partial charge in [0.2, 0.25) is 5.91 Å². The highest BCUT2D eigenvalue weighted by molar-refractivity contribution is 6.42. The van der Waals surface area contributed by atoms with E-state index in [1.807, 2.05) is 13.8 Å². The number of nitrogens with one attached hydrogen (secondary N) is 1. The average molecular weight is 399 g/mol. The third-order valence-corrected chi connectivity index (χ3v) is 5.75. The van der Waals surface area contributed by atoms with Crippen molar-refractivity contribution in [2.24, 2.45) is 0 Å². The van der Waals surface area contributed by atoms with E-state index in [0.717, 1.165) is 32.1 Å². The first-order valence-corrected chi connectivity index (χ1v) is 9.83. The van der Waals surface area contributed by atoms with Crippen LogP contribution in [0.25, 0.3) is 0 Å². The summed E-state index contributed by atoms with van der Waals surface area (Å²) < 4.78 is 6.09. The van der Waals surface area contributed by atoms with Gasteiger partial charge in [0.1, 0.15) is 11.8 Å². The maximum Gasteiger partial charge on any atom is 0.256 e. The number of hydrogen-bond donors (Lipinski definition) is 1. The van der Waals surface area contributed by atoms with Crippen molar-refractivity contribution in [1.82, 2.24) is 10.2 Å². The Labute approximate surface area is 164 Å². The van der Waals surface area contributed by atoms with Gasteiger partial charge in [0, 0.05) is 11.6 Å². The summed E-state index contributed by atoms with van der Waals surface area (Å²) in [6.07, 6.45) is 4.55. The van der Waals surface area contributed by atoms with Crippen molar-refractivity contribution >= 4 is 35.0 Å². The van der Waals surface area contributed by atoms with Gasteiger partial charge < -0.3 is 10.1 Å². The Morgan fingerprint density at radius 2 is 1.88 bits per heavy atom. The highest BCUT2D eigenvalue weighted by Crippen LogP contribution is 2.41. The lowest BCUT2D eigenvalue weighted by Gasteiger charge is -2.41. The normalized spacial score (nSPS) is 22.0. The highest BCUT2D eigenvalue weighted by Gasteiger charge is 2.53. The van der Waals surface area contributed by atoms with Crippen LogP contribution in [0.5, 0.6) is 0 Å². The van der Waals surface area contributed by atoms with E-state index in [0.29, 0.717) is 15.6 Å². The van der Waals surface area contributed by atoms with Crippen LogP contribution in [0.2, 0.25) is 10.0 Å². The van der Waals surface area contributed by atoms with E-state index >= 15 is 0 Å². The van der Waals surface area contributed by atoms with Crippen molar-refractivity contribution < 1.29 is 14.3 Å². The van der Waals surface area contributed by atoms with Crippen molar-refractivity contribution in [3.8, 4) is 0 Å². The molecule has 2 fully saturated rings. The van der Waals surface area contributed by atoms with Crippen LogP contribution in [-0.4, -0.2) is 41.1 Å². The third kappa shape index (κ3) is 3.71. The van der Waals surface area contributed by atoms with Crippen molar-refractivity contribution in [3.63, 3.8) is 0 Å². The number of nitrogens with zero attached hydrogens (tertiary/aromatic N) is 1. The molecule has 2 amide bonds. The number of hydrogen-bond acceptors (Lipinski definition) is 3. The second-order valence-corrected chi connectivity index (χ2v) is 8.12. The zero-order valence-electron chi connectivity index (χ0n) is 15.1. The summed E-state index contributed by atoms with van der Waals surface area (Å²) in [5, 5.41) is 3.61. The molecule has 5 nitrogen and oxygen atoms in total. The van der Waals surface area contributed by atoms with Crippen molar-refractivity contribution in [3.05, 3.63) is 33.8 Å². The summed E-state index contributed by atoms with van der Waals surface area (Å²) in [6, 6.07) is 4.15. The van der Waals surface area contributed by atoms with Gasteiger partial charge in [-0.25, -0.2) is 0 Å². The van der Waals surface area contributed by atoms with Crippen LogP contribution in [0.4, 0.5) is 0 Å². The van der Waals surface area contributed by atoms with Crippen LogP contribution < -0.4 is 5.32 Å². The van der Waals surface area contributed by atoms with Crippen molar-refractivity contribution in [2.45, 2.75) is 63.8 Å². The van der Waals surface area contributed by atoms with Gasteiger partial charge in [-0.2, -0.15) is 0 Å². The fourth-order valence-electron chi connectivity index (χ4n) is 3.82. The van der Waals surface area contributed by atoms with Crippen LogP contribution in [0.1, 0.15) is 56.3 Å². The molecule has 3 rings (SSSR count). The molecular weight excluding hydrogens is 375 g/mol. The molecule has 1 saturated heterocycles. The minimum absolute atomic E-state index is 0.00710. The van der Waals surface area contributed by atoms with E-state index in [4.69, 9.17) is 27.9 Å². The second-order valence-electron chi connectivity index (χ2n) is 7.30. The summed E-state index contributed by atoms with van der Waals surface area (Å²) in [4.78, 5) is 27.7. The first-order chi connectivity index (χ1) is 12.3. The quantitative estimate of drug-likeness (QED) is 0.835. The van der Waals surface area contributed by atoms with Crippen LogP contribution >= 0.6 is 23.2 Å². The topological polar surface area (TPSA) is 58.6 Å². The zero-order valence-corrected chi connectivity index (χ0v) is 16.6. The second kappa shape index (κ2) is 7.75. The lowest BCUT2D eigenvalue weighted by molar-refractivity contribution is -0.127. The maximum absolute atomic E-state index is 13.3. The Hall–Kier alpha value is -1.30. The van der Waals surface area contributed by atoms with Gasteiger partial charge in [0.25, 0.3) is 5.91 Å². The summed E-state index contributed by atoms with van der Waals surface area (Å²) in [6.45, 7) is 4.01. The Balaban J connectivity index is 1.95. The van der Waals surface area contributed by atoms with E-state index in [1.54, 1.807) is 23.1 Å². The van der Waals surface area contributed by atoms with Crippen molar-refractivity contribution in [1.29, 1.82) is 0 Å². The molecule has 1 aromatic rings. The lowest BCUT2D eigenvalue weighted by atomic mass is 9.89. The number of benzene rings is 1. The predicted octanol–water partition coefficient (Wildman–Crippen LogP) is 4.02. The molecule has 1 aliphatic heterocycles. The van der Waals surface area contributed by atoms with Gasteiger partial charge >= 0.3 is 0 Å². The first kappa shape index (κ1) is 19.5. The first-order valence-electron chi connectivity index (χ1n) is 9.07. The van der Waals surface area contributed by atoms with E-state index in [2.05, 4.69) is 5.32 Å². The summed E-state index contributed by atoms with van der Waals surface area (Å²) in [7, 11) is 0. The Morgan fingerprint density at radius 3 is 2.50 bits per heavy atom. The molecule has 0 aromatic heterocycles. The van der Waals surface area contributed by atoms with Crippen LogP contribution in [0, 0.1) is 0 Å². The fourth-order valence-corrected chi connectivity index (χ4v) is 4.12. The molecule has 1 aliphatic carbocycles. The minimum Gasteiger partial charge on any atom is -0.353 e. The Bertz CT molecular complexity index is 702.